The topological polar surface area (TPSA) is 50.8 Å². The Balaban J connectivity index is 1.78. The van der Waals surface area contributed by atoms with E-state index >= 15 is 0 Å². The van der Waals surface area contributed by atoms with Crippen molar-refractivity contribution < 1.29 is 14.3 Å². The molecule has 1 aliphatic rings. The maximum atomic E-state index is 11.3. The first kappa shape index (κ1) is 12.9. The molecule has 1 aromatic carbocycles. The Kier molecular flexibility index (Phi) is 4.17. The highest BCUT2D eigenvalue weighted by atomic mass is 16.5. The number of carbonyl (C=O) groups is 1. The number of hydrogen-bond acceptors (Lipinski definition) is 4. The van der Waals surface area contributed by atoms with Crippen LogP contribution in [0.15, 0.2) is 18.2 Å². The van der Waals surface area contributed by atoms with Gasteiger partial charge in [-0.15, -0.1) is 0 Å². The Labute approximate surface area is 107 Å². The number of hydrazine groups is 1. The first-order valence-corrected chi connectivity index (χ1v) is 5.94. The van der Waals surface area contributed by atoms with Crippen LogP contribution < -0.4 is 10.2 Å². The highest BCUT2D eigenvalue weighted by Crippen LogP contribution is 2.25. The molecule has 18 heavy (non-hydrogen) atoms. The van der Waals surface area contributed by atoms with Gasteiger partial charge in [-0.1, -0.05) is 6.07 Å². The minimum Gasteiger partial charge on any atom is -0.493 e. The Bertz CT molecular complexity index is 432. The minimum absolute atomic E-state index is 0.0613. The molecule has 0 fully saturated rings. The molecule has 1 N–H and O–H groups in total. The molecule has 5 heteroatoms. The van der Waals surface area contributed by atoms with Crippen LogP contribution in [0.5, 0.6) is 5.75 Å². The summed E-state index contributed by atoms with van der Waals surface area (Å²) in [5, 5.41) is 1.60. The van der Waals surface area contributed by atoms with Crippen LogP contribution in [0.3, 0.4) is 0 Å². The van der Waals surface area contributed by atoms with E-state index in [2.05, 4.69) is 11.5 Å². The van der Waals surface area contributed by atoms with Gasteiger partial charge in [0, 0.05) is 20.5 Å². The van der Waals surface area contributed by atoms with E-state index in [-0.39, 0.29) is 12.5 Å². The molecule has 1 aromatic rings. The molecule has 2 rings (SSSR count). The third-order valence-electron chi connectivity index (χ3n) is 2.60. The number of fused-ring (bicyclic) bond motifs is 1. The van der Waals surface area contributed by atoms with E-state index in [9.17, 15) is 4.79 Å². The fraction of sp³-hybridized carbons (Fsp3) is 0.462. The van der Waals surface area contributed by atoms with E-state index < -0.39 is 0 Å². The van der Waals surface area contributed by atoms with Gasteiger partial charge >= 0.3 is 0 Å². The molecular formula is C13H18N2O3. The standard InChI is InChI=1S/C13H18N2O3/c1-15(2)14-13(16)9-17-8-10-3-4-12-11(7-10)5-6-18-12/h3-4,7H,5-6,8-9H2,1-2H3,(H,14,16). The lowest BCUT2D eigenvalue weighted by Gasteiger charge is -2.12. The second-order valence-corrected chi connectivity index (χ2v) is 4.46. The van der Waals surface area contributed by atoms with Gasteiger partial charge in [0.15, 0.2) is 0 Å². The van der Waals surface area contributed by atoms with Crippen LogP contribution in [-0.2, 0) is 22.6 Å². The smallest absolute Gasteiger partial charge is 0.260 e. The lowest BCUT2D eigenvalue weighted by molar-refractivity contribution is -0.129. The molecular weight excluding hydrogens is 232 g/mol. The maximum Gasteiger partial charge on any atom is 0.260 e. The van der Waals surface area contributed by atoms with Crippen molar-refractivity contribution in [1.82, 2.24) is 10.4 Å². The van der Waals surface area contributed by atoms with Crippen LogP contribution in [0, 0.1) is 0 Å². The van der Waals surface area contributed by atoms with Gasteiger partial charge in [0.25, 0.3) is 5.91 Å². The Morgan fingerprint density at radius 1 is 1.50 bits per heavy atom. The normalized spacial score (nSPS) is 13.3. The van der Waals surface area contributed by atoms with Crippen LogP contribution in [0.4, 0.5) is 0 Å². The number of rotatable bonds is 5. The monoisotopic (exact) mass is 250 g/mol. The molecule has 0 saturated heterocycles. The number of nitrogens with zero attached hydrogens (tertiary/aromatic N) is 1. The van der Waals surface area contributed by atoms with Crippen molar-refractivity contribution in [3.8, 4) is 5.75 Å². The molecule has 1 heterocycles. The number of hydrogen-bond donors (Lipinski definition) is 1. The van der Waals surface area contributed by atoms with Crippen LogP contribution in [0.1, 0.15) is 11.1 Å². The quantitative estimate of drug-likeness (QED) is 0.783. The number of nitrogens with one attached hydrogen (secondary N) is 1. The summed E-state index contributed by atoms with van der Waals surface area (Å²) in [6.45, 7) is 1.25. The summed E-state index contributed by atoms with van der Waals surface area (Å²) < 4.78 is 10.8. The van der Waals surface area contributed by atoms with Crippen LogP contribution in [0.2, 0.25) is 0 Å². The summed E-state index contributed by atoms with van der Waals surface area (Å²) in [6.07, 6.45) is 0.949. The van der Waals surface area contributed by atoms with Crippen molar-refractivity contribution >= 4 is 5.91 Å². The van der Waals surface area contributed by atoms with Crippen molar-refractivity contribution in [3.63, 3.8) is 0 Å². The lowest BCUT2D eigenvalue weighted by atomic mass is 10.1. The van der Waals surface area contributed by atoms with Crippen molar-refractivity contribution in [2.45, 2.75) is 13.0 Å². The summed E-state index contributed by atoms with van der Waals surface area (Å²) in [5.74, 6) is 0.814. The fourth-order valence-corrected chi connectivity index (χ4v) is 1.87. The molecule has 0 radical (unpaired) electrons. The van der Waals surface area contributed by atoms with Crippen LogP contribution in [-0.4, -0.2) is 38.2 Å². The maximum absolute atomic E-state index is 11.3. The largest absolute Gasteiger partial charge is 0.493 e. The average Bonchev–Trinajstić information content (AvgIpc) is 2.75. The van der Waals surface area contributed by atoms with Gasteiger partial charge in [-0.3, -0.25) is 10.2 Å². The number of carbonyl (C=O) groups excluding carboxylic acids is 1. The zero-order valence-electron chi connectivity index (χ0n) is 10.7. The van der Waals surface area contributed by atoms with Gasteiger partial charge < -0.3 is 9.47 Å². The number of benzene rings is 1. The SMILES string of the molecule is CN(C)NC(=O)COCc1ccc2c(c1)CCO2. The molecule has 0 saturated carbocycles. The second-order valence-electron chi connectivity index (χ2n) is 4.46. The van der Waals surface area contributed by atoms with E-state index in [0.717, 1.165) is 24.3 Å². The van der Waals surface area contributed by atoms with E-state index in [0.29, 0.717) is 6.61 Å². The number of ether oxygens (including phenoxy) is 2. The molecule has 0 aliphatic carbocycles. The van der Waals surface area contributed by atoms with Crippen molar-refractivity contribution in [2.24, 2.45) is 0 Å². The van der Waals surface area contributed by atoms with E-state index in [4.69, 9.17) is 9.47 Å². The molecule has 1 amide bonds. The zero-order valence-corrected chi connectivity index (χ0v) is 10.7. The molecule has 5 nitrogen and oxygen atoms in total. The lowest BCUT2D eigenvalue weighted by Crippen LogP contribution is -2.38. The summed E-state index contributed by atoms with van der Waals surface area (Å²) in [7, 11) is 3.52. The summed E-state index contributed by atoms with van der Waals surface area (Å²) in [4.78, 5) is 11.3. The summed E-state index contributed by atoms with van der Waals surface area (Å²) >= 11 is 0. The molecule has 0 atom stereocenters. The van der Waals surface area contributed by atoms with Gasteiger partial charge in [-0.05, 0) is 23.3 Å². The van der Waals surface area contributed by atoms with Crippen molar-refractivity contribution in [3.05, 3.63) is 29.3 Å². The van der Waals surface area contributed by atoms with Crippen LogP contribution in [0.25, 0.3) is 0 Å². The highest BCUT2D eigenvalue weighted by Gasteiger charge is 2.12. The predicted octanol–water partition coefficient (Wildman–Crippen LogP) is 0.731. The molecule has 98 valence electrons. The van der Waals surface area contributed by atoms with Gasteiger partial charge in [-0.2, -0.15) is 0 Å². The summed E-state index contributed by atoms with van der Waals surface area (Å²) in [6, 6.07) is 6.00. The molecule has 0 unspecified atom stereocenters. The number of amides is 1. The fourth-order valence-electron chi connectivity index (χ4n) is 1.87. The third-order valence-corrected chi connectivity index (χ3v) is 2.60. The van der Waals surface area contributed by atoms with E-state index in [1.165, 1.54) is 5.56 Å². The zero-order chi connectivity index (χ0) is 13.0. The van der Waals surface area contributed by atoms with Gasteiger partial charge in [0.1, 0.15) is 12.4 Å². The van der Waals surface area contributed by atoms with Crippen LogP contribution >= 0.6 is 0 Å². The second kappa shape index (κ2) is 5.84. The molecule has 1 aliphatic heterocycles. The van der Waals surface area contributed by atoms with Crippen molar-refractivity contribution in [2.75, 3.05) is 27.3 Å². The van der Waals surface area contributed by atoms with E-state index in [1.807, 2.05) is 12.1 Å². The van der Waals surface area contributed by atoms with Gasteiger partial charge in [0.2, 0.25) is 0 Å². The Hall–Kier alpha value is -1.59. The molecule has 0 spiro atoms. The Morgan fingerprint density at radius 2 is 2.33 bits per heavy atom. The predicted molar refractivity (Wildman–Crippen MR) is 67.1 cm³/mol. The van der Waals surface area contributed by atoms with Crippen molar-refractivity contribution in [1.29, 1.82) is 0 Å². The summed E-state index contributed by atoms with van der Waals surface area (Å²) in [5.41, 5.74) is 4.90. The average molecular weight is 250 g/mol. The first-order valence-electron chi connectivity index (χ1n) is 5.94. The minimum atomic E-state index is -0.149. The van der Waals surface area contributed by atoms with Gasteiger partial charge in [0.05, 0.1) is 13.2 Å². The van der Waals surface area contributed by atoms with E-state index in [1.54, 1.807) is 19.1 Å². The Morgan fingerprint density at radius 3 is 3.11 bits per heavy atom. The highest BCUT2D eigenvalue weighted by molar-refractivity contribution is 5.76. The molecule has 0 aromatic heterocycles. The van der Waals surface area contributed by atoms with Gasteiger partial charge in [-0.25, -0.2) is 5.01 Å². The molecule has 0 bridgehead atoms. The third kappa shape index (κ3) is 3.45. The first-order chi connectivity index (χ1) is 8.65.